The van der Waals surface area contributed by atoms with Gasteiger partial charge in [0.05, 0.1) is 6.42 Å². The second kappa shape index (κ2) is 5.04. The molecule has 1 rings (SSSR count). The van der Waals surface area contributed by atoms with E-state index in [4.69, 9.17) is 0 Å². The van der Waals surface area contributed by atoms with Gasteiger partial charge >= 0.3 is 0 Å². The van der Waals surface area contributed by atoms with E-state index < -0.39 is 0 Å². The number of ketones is 1. The first-order valence-electron chi connectivity index (χ1n) is 4.91. The van der Waals surface area contributed by atoms with Gasteiger partial charge in [0.15, 0.2) is 0 Å². The summed E-state index contributed by atoms with van der Waals surface area (Å²) in [4.78, 5) is 11.6. The Hall–Kier alpha value is -0.810. The normalized spacial score (nSPS) is 27.5. The fraction of sp³-hybridized carbons (Fsp3) is 0.727. The van der Waals surface area contributed by atoms with E-state index in [9.17, 15) is 4.79 Å². The molecule has 13 heavy (non-hydrogen) atoms. The van der Waals surface area contributed by atoms with Crippen molar-refractivity contribution in [2.24, 2.45) is 5.92 Å². The molecule has 0 spiro atoms. The predicted octanol–water partition coefficient (Wildman–Crippen LogP) is 1.36. The second-order valence-electron chi connectivity index (χ2n) is 3.56. The maximum absolute atomic E-state index is 11.6. The zero-order valence-electron chi connectivity index (χ0n) is 8.39. The van der Waals surface area contributed by atoms with Crippen LogP contribution in [0.15, 0.2) is 0 Å². The number of hydrogen-bond acceptors (Lipinski definition) is 2. The van der Waals surface area contributed by atoms with Crippen LogP contribution in [0.4, 0.5) is 0 Å². The Balaban J connectivity index is 2.47. The van der Waals surface area contributed by atoms with Crippen LogP contribution in [0.1, 0.15) is 33.1 Å². The summed E-state index contributed by atoms with van der Waals surface area (Å²) >= 11 is 0. The monoisotopic (exact) mass is 179 g/mol. The summed E-state index contributed by atoms with van der Waals surface area (Å²) in [6.45, 7) is 4.90. The lowest BCUT2D eigenvalue weighted by Gasteiger charge is -2.28. The van der Waals surface area contributed by atoms with E-state index in [1.165, 1.54) is 0 Å². The van der Waals surface area contributed by atoms with Crippen LogP contribution in [0.2, 0.25) is 0 Å². The molecular weight excluding hydrogens is 162 g/mol. The average Bonchev–Trinajstić information content (AvgIpc) is 2.15. The molecule has 2 unspecified atom stereocenters. The molecule has 0 aliphatic carbocycles. The first-order chi connectivity index (χ1) is 6.25. The molecule has 0 aromatic heterocycles. The summed E-state index contributed by atoms with van der Waals surface area (Å²) < 4.78 is 0. The number of piperidine rings is 1. The Morgan fingerprint density at radius 2 is 2.38 bits per heavy atom. The molecule has 2 heteroatoms. The van der Waals surface area contributed by atoms with Gasteiger partial charge in [-0.15, -0.1) is 5.92 Å². The van der Waals surface area contributed by atoms with Gasteiger partial charge in [0.25, 0.3) is 0 Å². The molecular formula is C11H17NO. The number of rotatable bonds is 2. The van der Waals surface area contributed by atoms with Crippen LogP contribution in [-0.2, 0) is 4.79 Å². The molecule has 1 saturated heterocycles. The standard InChI is InChI=1S/C11H17NO/c1-3-4-7-11(13)10-6-5-8-12-9(10)2/h9-10,12H,5-8H2,1-2H3. The second-order valence-corrected chi connectivity index (χ2v) is 3.56. The van der Waals surface area contributed by atoms with Gasteiger partial charge in [-0.25, -0.2) is 0 Å². The quantitative estimate of drug-likeness (QED) is 0.648. The molecule has 1 aliphatic heterocycles. The van der Waals surface area contributed by atoms with Crippen molar-refractivity contribution >= 4 is 5.78 Å². The number of carbonyl (C=O) groups excluding carboxylic acids is 1. The van der Waals surface area contributed by atoms with Crippen LogP contribution >= 0.6 is 0 Å². The minimum Gasteiger partial charge on any atom is -0.314 e. The van der Waals surface area contributed by atoms with Crippen LogP contribution in [0.3, 0.4) is 0 Å². The highest BCUT2D eigenvalue weighted by atomic mass is 16.1. The van der Waals surface area contributed by atoms with E-state index in [-0.39, 0.29) is 5.92 Å². The van der Waals surface area contributed by atoms with Crippen LogP contribution < -0.4 is 5.32 Å². The maximum atomic E-state index is 11.6. The zero-order chi connectivity index (χ0) is 9.68. The highest BCUT2D eigenvalue weighted by molar-refractivity contribution is 5.83. The third kappa shape index (κ3) is 2.86. The number of hydrogen-bond donors (Lipinski definition) is 1. The fourth-order valence-corrected chi connectivity index (χ4v) is 1.79. The van der Waals surface area contributed by atoms with Gasteiger partial charge in [0, 0.05) is 12.0 Å². The van der Waals surface area contributed by atoms with Gasteiger partial charge in [0.1, 0.15) is 5.78 Å². The smallest absolute Gasteiger partial charge is 0.149 e. The van der Waals surface area contributed by atoms with E-state index in [1.54, 1.807) is 6.92 Å². The number of carbonyl (C=O) groups is 1. The predicted molar refractivity (Wildman–Crippen MR) is 53.3 cm³/mol. The maximum Gasteiger partial charge on any atom is 0.149 e. The van der Waals surface area contributed by atoms with Crippen molar-refractivity contribution in [2.45, 2.75) is 39.2 Å². The van der Waals surface area contributed by atoms with E-state index in [0.717, 1.165) is 19.4 Å². The molecule has 0 radical (unpaired) electrons. The van der Waals surface area contributed by atoms with Gasteiger partial charge in [-0.2, -0.15) is 0 Å². The molecule has 2 nitrogen and oxygen atoms in total. The minimum absolute atomic E-state index is 0.189. The van der Waals surface area contributed by atoms with E-state index in [2.05, 4.69) is 24.1 Å². The average molecular weight is 179 g/mol. The lowest BCUT2D eigenvalue weighted by atomic mass is 9.87. The molecule has 0 aromatic rings. The summed E-state index contributed by atoms with van der Waals surface area (Å²) in [6.07, 6.45) is 2.56. The Kier molecular flexibility index (Phi) is 3.98. The topological polar surface area (TPSA) is 29.1 Å². The van der Waals surface area contributed by atoms with Crippen LogP contribution in [0, 0.1) is 17.8 Å². The Bertz CT molecular complexity index is 236. The molecule has 0 amide bonds. The van der Waals surface area contributed by atoms with Crippen molar-refractivity contribution in [3.63, 3.8) is 0 Å². The van der Waals surface area contributed by atoms with Crippen molar-refractivity contribution in [1.82, 2.24) is 5.32 Å². The van der Waals surface area contributed by atoms with Gasteiger partial charge in [-0.05, 0) is 33.2 Å². The van der Waals surface area contributed by atoms with Crippen LogP contribution in [0.5, 0.6) is 0 Å². The minimum atomic E-state index is 0.189. The highest BCUT2D eigenvalue weighted by Gasteiger charge is 2.26. The van der Waals surface area contributed by atoms with Crippen molar-refractivity contribution in [3.8, 4) is 11.8 Å². The van der Waals surface area contributed by atoms with Crippen LogP contribution in [0.25, 0.3) is 0 Å². The SMILES string of the molecule is CC#CCC(=O)C1CCCNC1C. The molecule has 0 saturated carbocycles. The van der Waals surface area contributed by atoms with E-state index in [1.807, 2.05) is 0 Å². The zero-order valence-corrected chi connectivity index (χ0v) is 8.39. The number of Topliss-reactive ketones (excluding diaryl/α,β-unsaturated/α-hetero) is 1. The first kappa shape index (κ1) is 10.3. The van der Waals surface area contributed by atoms with Gasteiger partial charge in [-0.1, -0.05) is 5.92 Å². The van der Waals surface area contributed by atoms with Gasteiger partial charge in [0.2, 0.25) is 0 Å². The van der Waals surface area contributed by atoms with Crippen molar-refractivity contribution in [2.75, 3.05) is 6.54 Å². The summed E-state index contributed by atoms with van der Waals surface area (Å²) in [5.74, 6) is 6.09. The van der Waals surface area contributed by atoms with E-state index in [0.29, 0.717) is 18.2 Å². The van der Waals surface area contributed by atoms with Gasteiger partial charge < -0.3 is 5.32 Å². The summed E-state index contributed by atoms with van der Waals surface area (Å²) in [5, 5.41) is 3.32. The van der Waals surface area contributed by atoms with Crippen LogP contribution in [-0.4, -0.2) is 18.4 Å². The van der Waals surface area contributed by atoms with Crippen molar-refractivity contribution < 1.29 is 4.79 Å². The molecule has 72 valence electrons. The molecule has 2 atom stereocenters. The third-order valence-electron chi connectivity index (χ3n) is 2.61. The van der Waals surface area contributed by atoms with Gasteiger partial charge in [-0.3, -0.25) is 4.79 Å². The third-order valence-corrected chi connectivity index (χ3v) is 2.61. The molecule has 0 bridgehead atoms. The molecule has 1 heterocycles. The lowest BCUT2D eigenvalue weighted by molar-refractivity contribution is -0.123. The Labute approximate surface area is 80.1 Å². The summed E-state index contributed by atoms with van der Waals surface area (Å²) in [5.41, 5.74) is 0. The highest BCUT2D eigenvalue weighted by Crippen LogP contribution is 2.18. The van der Waals surface area contributed by atoms with E-state index >= 15 is 0 Å². The molecule has 1 N–H and O–H groups in total. The molecule has 0 aromatic carbocycles. The largest absolute Gasteiger partial charge is 0.314 e. The van der Waals surface area contributed by atoms with Crippen molar-refractivity contribution in [1.29, 1.82) is 0 Å². The molecule has 1 aliphatic rings. The lowest BCUT2D eigenvalue weighted by Crippen LogP contribution is -2.42. The Morgan fingerprint density at radius 1 is 1.62 bits per heavy atom. The first-order valence-corrected chi connectivity index (χ1v) is 4.91. The fourth-order valence-electron chi connectivity index (χ4n) is 1.79. The van der Waals surface area contributed by atoms with Crippen molar-refractivity contribution in [3.05, 3.63) is 0 Å². The summed E-state index contributed by atoms with van der Waals surface area (Å²) in [7, 11) is 0. The Morgan fingerprint density at radius 3 is 3.00 bits per heavy atom. The number of nitrogens with one attached hydrogen (secondary N) is 1. The molecule has 1 fully saturated rings. The summed E-state index contributed by atoms with van der Waals surface area (Å²) in [6, 6.07) is 0.333.